The van der Waals surface area contributed by atoms with Gasteiger partial charge in [-0.1, -0.05) is 18.7 Å². The molecule has 86 valence electrons. The summed E-state index contributed by atoms with van der Waals surface area (Å²) < 4.78 is 39.2. The minimum Gasteiger partial charge on any atom is -0.330 e. The number of aliphatic imine (C=N–C) groups is 1. The number of hydrogen-bond donors (Lipinski definition) is 1. The van der Waals surface area contributed by atoms with E-state index in [0.717, 1.165) is 0 Å². The first-order chi connectivity index (χ1) is 7.56. The van der Waals surface area contributed by atoms with E-state index in [1.54, 1.807) is 0 Å². The third-order valence-corrected chi connectivity index (χ3v) is 3.05. The van der Waals surface area contributed by atoms with Crippen molar-refractivity contribution in [1.29, 1.82) is 0 Å². The van der Waals surface area contributed by atoms with Crippen molar-refractivity contribution >= 4 is 22.6 Å². The summed E-state index contributed by atoms with van der Waals surface area (Å²) in [5.41, 5.74) is -0.359. The van der Waals surface area contributed by atoms with Crippen LogP contribution >= 0.6 is 11.8 Å². The van der Waals surface area contributed by atoms with Crippen molar-refractivity contribution in [1.82, 2.24) is 0 Å². The van der Waals surface area contributed by atoms with Gasteiger partial charge in [-0.05, 0) is 0 Å². The Hall–Kier alpha value is -1.17. The zero-order valence-electron chi connectivity index (χ0n) is 8.43. The van der Waals surface area contributed by atoms with Crippen LogP contribution < -0.4 is 5.32 Å². The first-order valence-corrected chi connectivity index (χ1v) is 5.57. The summed E-state index contributed by atoms with van der Waals surface area (Å²) >= 11 is 1.39. The molecule has 1 aliphatic rings. The summed E-state index contributed by atoms with van der Waals surface area (Å²) in [5.74, 6) is -2.85. The fraction of sp³-hybridized carbons (Fsp3) is 0.300. The van der Waals surface area contributed by atoms with Crippen molar-refractivity contribution in [2.24, 2.45) is 4.99 Å². The average Bonchev–Trinajstić information content (AvgIpc) is 2.58. The predicted molar refractivity (Wildman–Crippen MR) is 59.3 cm³/mol. The van der Waals surface area contributed by atoms with Crippen molar-refractivity contribution in [3.8, 4) is 0 Å². The Morgan fingerprint density at radius 2 is 1.94 bits per heavy atom. The van der Waals surface area contributed by atoms with Gasteiger partial charge in [0.25, 0.3) is 0 Å². The van der Waals surface area contributed by atoms with Crippen LogP contribution in [0.4, 0.5) is 18.9 Å². The molecule has 16 heavy (non-hydrogen) atoms. The van der Waals surface area contributed by atoms with Gasteiger partial charge < -0.3 is 5.32 Å². The number of amidine groups is 1. The highest BCUT2D eigenvalue weighted by Crippen LogP contribution is 2.25. The standard InChI is InChI=1S/C10H9F3N2S/c1-5-4-14-10(16-5)15-9-7(12)2-6(11)3-8(9)13/h2-3,5H,4H2,1H3,(H,14,15). The van der Waals surface area contributed by atoms with Gasteiger partial charge in [0.15, 0.2) is 16.8 Å². The van der Waals surface area contributed by atoms with Crippen LogP contribution in [-0.4, -0.2) is 17.0 Å². The molecule has 1 aromatic rings. The molecule has 1 unspecified atom stereocenters. The summed E-state index contributed by atoms with van der Waals surface area (Å²) in [6.45, 7) is 2.57. The van der Waals surface area contributed by atoms with Crippen LogP contribution in [0.2, 0.25) is 0 Å². The number of nitrogens with one attached hydrogen (secondary N) is 1. The van der Waals surface area contributed by atoms with Crippen LogP contribution in [0, 0.1) is 17.5 Å². The van der Waals surface area contributed by atoms with E-state index in [0.29, 0.717) is 23.8 Å². The number of rotatable bonds is 1. The Morgan fingerprint density at radius 3 is 2.44 bits per heavy atom. The van der Waals surface area contributed by atoms with Gasteiger partial charge in [0.05, 0.1) is 6.54 Å². The number of anilines is 1. The molecule has 1 aromatic carbocycles. The minimum atomic E-state index is -0.958. The lowest BCUT2D eigenvalue weighted by Crippen LogP contribution is -2.09. The molecule has 0 aromatic heterocycles. The van der Waals surface area contributed by atoms with Gasteiger partial charge in [0.2, 0.25) is 0 Å². The molecule has 2 nitrogen and oxygen atoms in total. The normalized spacial score (nSPS) is 19.8. The first kappa shape index (κ1) is 11.3. The van der Waals surface area contributed by atoms with E-state index in [-0.39, 0.29) is 10.9 Å². The molecule has 0 amide bonds. The van der Waals surface area contributed by atoms with Crippen molar-refractivity contribution < 1.29 is 13.2 Å². The maximum Gasteiger partial charge on any atom is 0.161 e. The Balaban J connectivity index is 2.22. The molecule has 1 atom stereocenters. The van der Waals surface area contributed by atoms with E-state index in [1.165, 1.54) is 11.8 Å². The zero-order chi connectivity index (χ0) is 11.7. The zero-order valence-corrected chi connectivity index (χ0v) is 9.25. The van der Waals surface area contributed by atoms with Crippen LogP contribution in [-0.2, 0) is 0 Å². The van der Waals surface area contributed by atoms with Crippen molar-refractivity contribution in [3.05, 3.63) is 29.6 Å². The van der Waals surface area contributed by atoms with E-state index in [4.69, 9.17) is 0 Å². The smallest absolute Gasteiger partial charge is 0.161 e. The predicted octanol–water partition coefficient (Wildman–Crippen LogP) is 3.01. The van der Waals surface area contributed by atoms with Crippen LogP contribution in [0.15, 0.2) is 17.1 Å². The van der Waals surface area contributed by atoms with Crippen molar-refractivity contribution in [2.45, 2.75) is 12.2 Å². The van der Waals surface area contributed by atoms with E-state index in [1.807, 2.05) is 6.92 Å². The highest BCUT2D eigenvalue weighted by molar-refractivity contribution is 8.15. The van der Waals surface area contributed by atoms with Crippen LogP contribution in [0.1, 0.15) is 6.92 Å². The third kappa shape index (κ3) is 2.32. The van der Waals surface area contributed by atoms with Gasteiger partial charge >= 0.3 is 0 Å². The van der Waals surface area contributed by atoms with E-state index < -0.39 is 17.5 Å². The molecule has 2 rings (SSSR count). The fourth-order valence-electron chi connectivity index (χ4n) is 1.31. The number of nitrogens with zero attached hydrogens (tertiary/aromatic N) is 1. The van der Waals surface area contributed by atoms with Crippen LogP contribution in [0.3, 0.4) is 0 Å². The van der Waals surface area contributed by atoms with Crippen molar-refractivity contribution in [3.63, 3.8) is 0 Å². The minimum absolute atomic E-state index is 0.286. The maximum absolute atomic E-state index is 13.3. The Labute approximate surface area is 95.0 Å². The van der Waals surface area contributed by atoms with Crippen LogP contribution in [0.5, 0.6) is 0 Å². The number of hydrogen-bond acceptors (Lipinski definition) is 3. The van der Waals surface area contributed by atoms with Crippen molar-refractivity contribution in [2.75, 3.05) is 11.9 Å². The number of benzene rings is 1. The fourth-order valence-corrected chi connectivity index (χ4v) is 2.15. The Morgan fingerprint density at radius 1 is 1.31 bits per heavy atom. The average molecular weight is 246 g/mol. The summed E-state index contributed by atoms with van der Waals surface area (Å²) in [4.78, 5) is 4.06. The van der Waals surface area contributed by atoms with Gasteiger partial charge in [0, 0.05) is 17.4 Å². The molecular weight excluding hydrogens is 237 g/mol. The van der Waals surface area contributed by atoms with E-state index in [9.17, 15) is 13.2 Å². The molecule has 0 fully saturated rings. The molecule has 0 bridgehead atoms. The molecule has 1 heterocycles. The second-order valence-electron chi connectivity index (χ2n) is 3.44. The Bertz CT molecular complexity index is 425. The summed E-state index contributed by atoms with van der Waals surface area (Å²) in [7, 11) is 0. The summed E-state index contributed by atoms with van der Waals surface area (Å²) in [6.07, 6.45) is 0. The second-order valence-corrected chi connectivity index (χ2v) is 4.87. The largest absolute Gasteiger partial charge is 0.330 e. The molecular formula is C10H9F3N2S. The topological polar surface area (TPSA) is 24.4 Å². The lowest BCUT2D eigenvalue weighted by molar-refractivity contribution is 0.549. The molecule has 0 saturated heterocycles. The SMILES string of the molecule is CC1CN=C(Nc2c(F)cc(F)cc2F)S1. The second kappa shape index (κ2) is 4.37. The van der Waals surface area contributed by atoms with Gasteiger partial charge in [0.1, 0.15) is 11.5 Å². The van der Waals surface area contributed by atoms with Gasteiger partial charge in [-0.2, -0.15) is 0 Å². The maximum atomic E-state index is 13.3. The van der Waals surface area contributed by atoms with Gasteiger partial charge in [-0.15, -0.1) is 0 Å². The summed E-state index contributed by atoms with van der Waals surface area (Å²) in [5, 5.41) is 3.27. The molecule has 1 aliphatic heterocycles. The molecule has 0 spiro atoms. The lowest BCUT2D eigenvalue weighted by atomic mass is 10.3. The van der Waals surface area contributed by atoms with Crippen LogP contribution in [0.25, 0.3) is 0 Å². The first-order valence-electron chi connectivity index (χ1n) is 4.69. The van der Waals surface area contributed by atoms with E-state index >= 15 is 0 Å². The van der Waals surface area contributed by atoms with Gasteiger partial charge in [-0.25, -0.2) is 13.2 Å². The molecule has 6 heteroatoms. The van der Waals surface area contributed by atoms with Gasteiger partial charge in [-0.3, -0.25) is 4.99 Å². The third-order valence-electron chi connectivity index (χ3n) is 2.04. The number of thioether (sulfide) groups is 1. The lowest BCUT2D eigenvalue weighted by Gasteiger charge is -2.08. The highest BCUT2D eigenvalue weighted by Gasteiger charge is 2.18. The number of halogens is 3. The molecule has 0 saturated carbocycles. The monoisotopic (exact) mass is 246 g/mol. The molecule has 0 aliphatic carbocycles. The van der Waals surface area contributed by atoms with E-state index in [2.05, 4.69) is 10.3 Å². The quantitative estimate of drug-likeness (QED) is 0.823. The molecule has 1 N–H and O–H groups in total. The summed E-state index contributed by atoms with van der Waals surface area (Å²) in [6, 6.07) is 1.27. The molecule has 0 radical (unpaired) electrons. The Kier molecular flexibility index (Phi) is 3.09. The highest BCUT2D eigenvalue weighted by atomic mass is 32.2.